The summed E-state index contributed by atoms with van der Waals surface area (Å²) < 4.78 is 29.1. The van der Waals surface area contributed by atoms with Gasteiger partial charge in [-0.3, -0.25) is 0 Å². The van der Waals surface area contributed by atoms with Crippen molar-refractivity contribution in [2.75, 3.05) is 36.8 Å². The Morgan fingerprint density at radius 1 is 0.966 bits per heavy atom. The fourth-order valence-electron chi connectivity index (χ4n) is 4.44. The van der Waals surface area contributed by atoms with E-state index in [1.165, 1.54) is 0 Å². The van der Waals surface area contributed by atoms with E-state index in [1.807, 2.05) is 49.4 Å². The van der Waals surface area contributed by atoms with E-state index in [1.54, 1.807) is 8.82 Å². The summed E-state index contributed by atoms with van der Waals surface area (Å²) in [5, 5.41) is 12.8. The zero-order valence-corrected chi connectivity index (χ0v) is 17.2. The van der Waals surface area contributed by atoms with Crippen molar-refractivity contribution in [2.45, 2.75) is 13.3 Å². The molecule has 2 fully saturated rings. The summed E-state index contributed by atoms with van der Waals surface area (Å²) in [4.78, 5) is 2.25. The molecular formula is C20H24N6O2S. The molecule has 152 valence electrons. The molecule has 2 unspecified atom stereocenters. The minimum Gasteiger partial charge on any atom is -0.355 e. The van der Waals surface area contributed by atoms with E-state index in [0.29, 0.717) is 31.3 Å². The zero-order chi connectivity index (χ0) is 20.0. The minimum absolute atomic E-state index is 0.172. The average molecular weight is 413 g/mol. The van der Waals surface area contributed by atoms with Gasteiger partial charge in [0.2, 0.25) is 10.0 Å². The van der Waals surface area contributed by atoms with Crippen molar-refractivity contribution in [3.05, 3.63) is 53.9 Å². The first-order chi connectivity index (χ1) is 14.0. The van der Waals surface area contributed by atoms with Crippen molar-refractivity contribution >= 4 is 21.5 Å². The van der Waals surface area contributed by atoms with Gasteiger partial charge in [0.1, 0.15) is 5.82 Å². The summed E-state index contributed by atoms with van der Waals surface area (Å²) in [6, 6.07) is 13.7. The van der Waals surface area contributed by atoms with Crippen LogP contribution in [0.15, 0.2) is 42.5 Å². The number of rotatable bonds is 5. The molecule has 9 heteroatoms. The van der Waals surface area contributed by atoms with Crippen molar-refractivity contribution in [1.82, 2.24) is 24.1 Å². The fraction of sp³-hybridized carbons (Fsp3) is 0.450. The lowest BCUT2D eigenvalue weighted by molar-refractivity contribution is 0.452. The Kier molecular flexibility index (Phi) is 4.51. The Bertz CT molecular complexity index is 1120. The second kappa shape index (κ2) is 7.07. The van der Waals surface area contributed by atoms with Gasteiger partial charge in [-0.1, -0.05) is 30.3 Å². The van der Waals surface area contributed by atoms with Gasteiger partial charge in [-0.05, 0) is 42.9 Å². The van der Waals surface area contributed by atoms with Crippen LogP contribution in [0.1, 0.15) is 11.4 Å². The molecule has 8 nitrogen and oxygen atoms in total. The third kappa shape index (κ3) is 3.49. The maximum absolute atomic E-state index is 12.8. The largest absolute Gasteiger partial charge is 0.355 e. The van der Waals surface area contributed by atoms with Gasteiger partial charge in [-0.15, -0.1) is 15.3 Å². The first kappa shape index (κ1) is 18.5. The van der Waals surface area contributed by atoms with Gasteiger partial charge in [-0.25, -0.2) is 12.7 Å². The van der Waals surface area contributed by atoms with Crippen LogP contribution in [0, 0.1) is 18.8 Å². The maximum Gasteiger partial charge on any atom is 0.214 e. The molecule has 0 saturated carbocycles. The SMILES string of the molecule is Cc1nnc2ccc(N3CC4CN(S(=O)(=O)CCc5ccccc5)CC4C3)nn12. The summed E-state index contributed by atoms with van der Waals surface area (Å²) in [6.07, 6.45) is 0.559. The molecule has 0 aliphatic carbocycles. The molecule has 0 spiro atoms. The van der Waals surface area contributed by atoms with Crippen LogP contribution < -0.4 is 4.90 Å². The standard InChI is InChI=1S/C20H24N6O2S/c1-15-21-22-19-7-8-20(23-26(15)19)24-11-17-13-25(14-18(17)12-24)29(27,28)10-9-16-5-3-2-4-6-16/h2-8,17-18H,9-14H2,1H3. The van der Waals surface area contributed by atoms with Gasteiger partial charge in [0.15, 0.2) is 11.5 Å². The van der Waals surface area contributed by atoms with Crippen LogP contribution in [0.2, 0.25) is 0 Å². The Morgan fingerprint density at radius 3 is 2.41 bits per heavy atom. The van der Waals surface area contributed by atoms with Crippen LogP contribution in [0.4, 0.5) is 5.82 Å². The molecule has 4 heterocycles. The van der Waals surface area contributed by atoms with Gasteiger partial charge in [0.05, 0.1) is 5.75 Å². The molecular weight excluding hydrogens is 388 g/mol. The lowest BCUT2D eigenvalue weighted by Crippen LogP contribution is -2.35. The number of hydrogen-bond acceptors (Lipinski definition) is 6. The van der Waals surface area contributed by atoms with E-state index >= 15 is 0 Å². The van der Waals surface area contributed by atoms with E-state index < -0.39 is 10.0 Å². The first-order valence-corrected chi connectivity index (χ1v) is 11.6. The molecule has 29 heavy (non-hydrogen) atoms. The number of anilines is 1. The highest BCUT2D eigenvalue weighted by Crippen LogP contribution is 2.34. The highest BCUT2D eigenvalue weighted by molar-refractivity contribution is 7.89. The molecule has 5 rings (SSSR count). The topological polar surface area (TPSA) is 83.7 Å². The smallest absolute Gasteiger partial charge is 0.214 e. The zero-order valence-electron chi connectivity index (χ0n) is 16.3. The summed E-state index contributed by atoms with van der Waals surface area (Å²) in [6.45, 7) is 4.75. The highest BCUT2D eigenvalue weighted by Gasteiger charge is 2.44. The molecule has 3 aromatic rings. The third-order valence-corrected chi connectivity index (χ3v) is 7.87. The average Bonchev–Trinajstić information content (AvgIpc) is 3.41. The van der Waals surface area contributed by atoms with Crippen LogP contribution >= 0.6 is 0 Å². The van der Waals surface area contributed by atoms with E-state index in [4.69, 9.17) is 0 Å². The normalized spacial score (nSPS) is 22.4. The molecule has 2 aliphatic rings. The van der Waals surface area contributed by atoms with E-state index in [0.717, 1.165) is 35.9 Å². The molecule has 2 saturated heterocycles. The maximum atomic E-state index is 12.8. The fourth-order valence-corrected chi connectivity index (χ4v) is 6.03. The lowest BCUT2D eigenvalue weighted by Gasteiger charge is -2.22. The monoisotopic (exact) mass is 412 g/mol. The quantitative estimate of drug-likeness (QED) is 0.629. The number of hydrogen-bond donors (Lipinski definition) is 0. The second-order valence-electron chi connectivity index (χ2n) is 8.00. The van der Waals surface area contributed by atoms with Gasteiger partial charge < -0.3 is 4.90 Å². The molecule has 2 atom stereocenters. The summed E-state index contributed by atoms with van der Waals surface area (Å²) in [7, 11) is -3.23. The number of fused-ring (bicyclic) bond motifs is 2. The lowest BCUT2D eigenvalue weighted by atomic mass is 10.0. The van der Waals surface area contributed by atoms with Crippen molar-refractivity contribution < 1.29 is 8.42 Å². The Balaban J connectivity index is 1.23. The summed E-state index contributed by atoms with van der Waals surface area (Å²) in [5.41, 5.74) is 1.80. The van der Waals surface area contributed by atoms with Crippen LogP contribution in [-0.4, -0.2) is 64.5 Å². The van der Waals surface area contributed by atoms with Gasteiger partial charge in [0, 0.05) is 26.2 Å². The Morgan fingerprint density at radius 2 is 1.69 bits per heavy atom. The van der Waals surface area contributed by atoms with Crippen molar-refractivity contribution in [3.8, 4) is 0 Å². The van der Waals surface area contributed by atoms with Crippen molar-refractivity contribution in [3.63, 3.8) is 0 Å². The molecule has 2 aromatic heterocycles. The predicted octanol–water partition coefficient (Wildman–Crippen LogP) is 1.37. The molecule has 0 bridgehead atoms. The number of aromatic nitrogens is 4. The predicted molar refractivity (Wildman–Crippen MR) is 110 cm³/mol. The Labute approximate surface area is 170 Å². The minimum atomic E-state index is -3.23. The number of aryl methyl sites for hydroxylation is 2. The number of sulfonamides is 1. The Hall–Kier alpha value is -2.52. The van der Waals surface area contributed by atoms with Gasteiger partial charge in [-0.2, -0.15) is 4.52 Å². The van der Waals surface area contributed by atoms with Crippen LogP contribution in [0.3, 0.4) is 0 Å². The molecule has 0 N–H and O–H groups in total. The third-order valence-electron chi connectivity index (χ3n) is 6.07. The number of benzene rings is 1. The molecule has 0 amide bonds. The summed E-state index contributed by atoms with van der Waals surface area (Å²) >= 11 is 0. The molecule has 2 aliphatic heterocycles. The molecule has 0 radical (unpaired) electrons. The van der Waals surface area contributed by atoms with E-state index in [9.17, 15) is 8.42 Å². The van der Waals surface area contributed by atoms with Crippen LogP contribution in [-0.2, 0) is 16.4 Å². The molecule has 1 aromatic carbocycles. The van der Waals surface area contributed by atoms with E-state index in [-0.39, 0.29) is 5.75 Å². The number of nitrogens with zero attached hydrogens (tertiary/aromatic N) is 6. The van der Waals surface area contributed by atoms with Crippen LogP contribution in [0.5, 0.6) is 0 Å². The van der Waals surface area contributed by atoms with Crippen molar-refractivity contribution in [2.24, 2.45) is 11.8 Å². The van der Waals surface area contributed by atoms with Gasteiger partial charge >= 0.3 is 0 Å². The summed E-state index contributed by atoms with van der Waals surface area (Å²) in [5.74, 6) is 2.53. The highest BCUT2D eigenvalue weighted by atomic mass is 32.2. The second-order valence-corrected chi connectivity index (χ2v) is 10.1. The van der Waals surface area contributed by atoms with E-state index in [2.05, 4.69) is 20.2 Å². The van der Waals surface area contributed by atoms with Crippen LogP contribution in [0.25, 0.3) is 5.65 Å². The first-order valence-electron chi connectivity index (χ1n) is 9.95. The van der Waals surface area contributed by atoms with Crippen molar-refractivity contribution in [1.29, 1.82) is 0 Å². The van der Waals surface area contributed by atoms with Gasteiger partial charge in [0.25, 0.3) is 0 Å².